The quantitative estimate of drug-likeness (QED) is 0.115. The summed E-state index contributed by atoms with van der Waals surface area (Å²) in [6.07, 6.45) is -3.67. The van der Waals surface area contributed by atoms with E-state index in [4.69, 9.17) is 19.8 Å². The number of halogens is 4. The summed E-state index contributed by atoms with van der Waals surface area (Å²) >= 11 is 0. The summed E-state index contributed by atoms with van der Waals surface area (Å²) in [7, 11) is -0.451. The molecule has 1 aromatic heterocycles. The minimum Gasteiger partial charge on any atom is -0.542 e. The van der Waals surface area contributed by atoms with Gasteiger partial charge in [-0.25, -0.2) is 9.18 Å². The van der Waals surface area contributed by atoms with Gasteiger partial charge in [0.15, 0.2) is 0 Å². The molecule has 2 heterocycles. The molecule has 1 saturated heterocycles. The molecule has 1 aliphatic rings. The van der Waals surface area contributed by atoms with E-state index in [9.17, 15) is 40.7 Å². The number of benzene rings is 3. The van der Waals surface area contributed by atoms with Crippen molar-refractivity contribution in [3.63, 3.8) is 0 Å². The van der Waals surface area contributed by atoms with Crippen molar-refractivity contribution in [3.05, 3.63) is 101 Å². The summed E-state index contributed by atoms with van der Waals surface area (Å²) in [5.74, 6) is -3.89. The van der Waals surface area contributed by atoms with Gasteiger partial charge >= 0.3 is 22.3 Å². The maximum Gasteiger partial charge on any atom is 0.430 e. The summed E-state index contributed by atoms with van der Waals surface area (Å²) in [4.78, 5) is 37.5. The van der Waals surface area contributed by atoms with Crippen molar-refractivity contribution >= 4 is 33.7 Å². The minimum atomic E-state index is -5.19. The number of carbonyl (C=O) groups is 3. The van der Waals surface area contributed by atoms with Crippen LogP contribution in [0, 0.1) is 19.7 Å². The second-order valence-corrected chi connectivity index (χ2v) is 15.2. The summed E-state index contributed by atoms with van der Waals surface area (Å²) in [5, 5.41) is 25.6. The third kappa shape index (κ3) is 11.2. The number of primary amides is 1. The Morgan fingerprint density at radius 1 is 1.05 bits per heavy atom. The third-order valence-electron chi connectivity index (χ3n) is 9.26. The Morgan fingerprint density at radius 2 is 1.62 bits per heavy atom. The van der Waals surface area contributed by atoms with Crippen molar-refractivity contribution in [2.75, 3.05) is 25.5 Å². The highest BCUT2D eigenvalue weighted by atomic mass is 32.2. The molecule has 0 aliphatic carbocycles. The Hall–Kier alpha value is -5.69. The third-order valence-corrected chi connectivity index (χ3v) is 10.8. The van der Waals surface area contributed by atoms with E-state index in [-0.39, 0.29) is 34.7 Å². The van der Waals surface area contributed by atoms with E-state index in [1.807, 2.05) is 0 Å². The van der Waals surface area contributed by atoms with Gasteiger partial charge in [0.25, 0.3) is 0 Å². The summed E-state index contributed by atoms with van der Waals surface area (Å²) in [6, 6.07) is 16.7. The molecule has 0 spiro atoms. The fourth-order valence-electron chi connectivity index (χ4n) is 6.62. The summed E-state index contributed by atoms with van der Waals surface area (Å²) in [5.41, 5.74) is 8.74. The zero-order chi connectivity index (χ0) is 41.6. The number of alkyl halides is 3. The maximum absolute atomic E-state index is 14.2. The van der Waals surface area contributed by atoms with Crippen LogP contribution in [0.4, 0.5) is 28.0 Å². The lowest BCUT2D eigenvalue weighted by molar-refractivity contribution is -0.928. The molecular weight excluding hydrogens is 765 g/mol. The average Bonchev–Trinajstić information content (AvgIpc) is 3.37. The Labute approximate surface area is 320 Å². The fourth-order valence-corrected chi connectivity index (χ4v) is 7.96. The molecule has 0 radical (unpaired) electrons. The zero-order valence-corrected chi connectivity index (χ0v) is 31.7. The van der Waals surface area contributed by atoms with Crippen molar-refractivity contribution in [2.45, 2.75) is 62.8 Å². The van der Waals surface area contributed by atoms with Crippen LogP contribution in [0.15, 0.2) is 77.7 Å². The number of carbonyl (C=O) groups excluding carboxylic acids is 3. The minimum absolute atomic E-state index is 0.00791. The number of hydrogen-bond donors (Lipinski definition) is 3. The average molecular weight is 807 g/mol. The van der Waals surface area contributed by atoms with Gasteiger partial charge in [-0.2, -0.15) is 26.7 Å². The number of nitrogens with one attached hydrogen (secondary N) is 1. The highest BCUT2D eigenvalue weighted by Crippen LogP contribution is 2.29. The van der Waals surface area contributed by atoms with Crippen LogP contribution in [0.3, 0.4) is 0 Å². The first-order chi connectivity index (χ1) is 26.1. The predicted octanol–water partition coefficient (Wildman–Crippen LogP) is 3.69. The number of aliphatic carboxylic acids is 1. The number of likely N-dealkylation sites (N-methyl/N-ethyl adjacent to an activating group) is 1. The van der Waals surface area contributed by atoms with Gasteiger partial charge in [0.1, 0.15) is 40.8 Å². The number of rotatable bonds is 11. The summed E-state index contributed by atoms with van der Waals surface area (Å²) < 4.78 is 78.7. The number of phenols is 1. The lowest BCUT2D eigenvalue weighted by Gasteiger charge is -2.46. The first kappa shape index (κ1) is 43.0. The summed E-state index contributed by atoms with van der Waals surface area (Å²) in [6.45, 7) is 5.17. The Bertz CT molecular complexity index is 2130. The van der Waals surface area contributed by atoms with Crippen LogP contribution < -0.4 is 20.3 Å². The number of carboxylic acids is 1. The van der Waals surface area contributed by atoms with Gasteiger partial charge in [0, 0.05) is 24.7 Å². The van der Waals surface area contributed by atoms with E-state index in [0.717, 1.165) is 18.5 Å². The number of piperidine rings is 1. The number of nitrogens with zero attached hydrogens (tertiary/aromatic N) is 4. The van der Waals surface area contributed by atoms with Crippen LogP contribution >= 0.6 is 0 Å². The number of likely N-dealkylation sites (tertiary alicyclic amines) is 1. The van der Waals surface area contributed by atoms with Crippen molar-refractivity contribution in [1.29, 1.82) is 0 Å². The molecule has 14 nitrogen and oxygen atoms in total. The molecule has 0 bridgehead atoms. The second kappa shape index (κ2) is 17.4. The van der Waals surface area contributed by atoms with E-state index >= 15 is 0 Å². The predicted molar refractivity (Wildman–Crippen MR) is 193 cm³/mol. The molecule has 0 saturated carbocycles. The molecule has 1 aliphatic heterocycles. The SMILES string of the molecule is Cc1nn(C)c(C)c1S(=O)(=O)Oc1ccc(NC(=O)N([C@H]2CCC[N+](C)(Cc3ccc(F)cc3)C2)[C@@H](Cc2ccc(O)cc2)C(N)=O)cc1.O=C([O-])C(F)(F)F. The van der Waals surface area contributed by atoms with Crippen molar-refractivity contribution in [1.82, 2.24) is 14.7 Å². The number of anilines is 1. The molecule has 4 N–H and O–H groups in total. The molecule has 3 aromatic carbocycles. The first-order valence-electron chi connectivity index (χ1n) is 17.2. The van der Waals surface area contributed by atoms with Crippen LogP contribution in [-0.4, -0.2) is 89.0 Å². The first-order valence-corrected chi connectivity index (χ1v) is 18.6. The largest absolute Gasteiger partial charge is 0.542 e. The second-order valence-electron chi connectivity index (χ2n) is 13.7. The molecular formula is C37H42F4N6O8S. The van der Waals surface area contributed by atoms with Gasteiger partial charge in [-0.05, 0) is 80.8 Å². The fraction of sp³-hybridized carbons (Fsp3) is 0.351. The van der Waals surface area contributed by atoms with Crippen LogP contribution in [0.2, 0.25) is 0 Å². The number of nitrogens with two attached hydrogens (primary N) is 1. The smallest absolute Gasteiger partial charge is 0.430 e. The van der Waals surface area contributed by atoms with Gasteiger partial charge in [0.05, 0.1) is 37.6 Å². The van der Waals surface area contributed by atoms with Crippen LogP contribution in [0.5, 0.6) is 11.5 Å². The van der Waals surface area contributed by atoms with Crippen LogP contribution in [0.1, 0.15) is 35.4 Å². The van der Waals surface area contributed by atoms with Crippen molar-refractivity contribution in [3.8, 4) is 11.5 Å². The normalized spacial score (nSPS) is 17.5. The Morgan fingerprint density at radius 3 is 2.14 bits per heavy atom. The highest BCUT2D eigenvalue weighted by Gasteiger charge is 2.41. The lowest BCUT2D eigenvalue weighted by atomic mass is 9.96. The van der Waals surface area contributed by atoms with Gasteiger partial charge in [-0.3, -0.25) is 9.48 Å². The standard InChI is InChI=1S/C35H41FN6O6S.C2HF3O2/c1-23-33(24(2)40(3)39-23)49(46,47)48-31-17-13-28(14-18-31)38-35(45)41(32(34(37)44)20-25-9-15-30(43)16-10-25)29-6-5-19-42(4,22-29)21-26-7-11-27(36)12-8-26;3-2(4,5)1(6)7/h7-18,29,32H,5-6,19-22H2,1-4H3,(H3-,37,38,43,44,45);(H,6,7)/t29-,32-,42?;/m0./s1. The van der Waals surface area contributed by atoms with Crippen LogP contribution in [-0.2, 0) is 39.7 Å². The number of aromatic hydroxyl groups is 1. The molecule has 302 valence electrons. The molecule has 3 atom stereocenters. The van der Waals surface area contributed by atoms with E-state index < -0.39 is 40.2 Å². The maximum atomic E-state index is 14.2. The lowest BCUT2D eigenvalue weighted by Crippen LogP contribution is -2.62. The number of amides is 3. The number of phenolic OH excluding ortho intramolecular Hbond substituents is 1. The van der Waals surface area contributed by atoms with E-state index in [1.165, 1.54) is 58.1 Å². The topological polar surface area (TPSA) is 197 Å². The molecule has 1 fully saturated rings. The van der Waals surface area contributed by atoms with Gasteiger partial charge in [-0.15, -0.1) is 0 Å². The Kier molecular flexibility index (Phi) is 13.4. The monoisotopic (exact) mass is 806 g/mol. The van der Waals surface area contributed by atoms with E-state index in [1.54, 1.807) is 45.2 Å². The van der Waals surface area contributed by atoms with Gasteiger partial charge in [-0.1, -0.05) is 24.3 Å². The van der Waals surface area contributed by atoms with Gasteiger partial charge < -0.3 is 39.6 Å². The number of urea groups is 1. The van der Waals surface area contributed by atoms with Crippen LogP contribution in [0.25, 0.3) is 0 Å². The molecule has 3 amide bonds. The van der Waals surface area contributed by atoms with Gasteiger partial charge in [0.2, 0.25) is 5.91 Å². The van der Waals surface area contributed by atoms with E-state index in [2.05, 4.69) is 17.5 Å². The molecule has 19 heteroatoms. The Balaban J connectivity index is 0.000000908. The molecule has 5 rings (SSSR count). The van der Waals surface area contributed by atoms with E-state index in [0.29, 0.717) is 46.6 Å². The highest BCUT2D eigenvalue weighted by molar-refractivity contribution is 7.87. The number of aryl methyl sites for hydroxylation is 2. The zero-order valence-electron chi connectivity index (χ0n) is 30.9. The van der Waals surface area contributed by atoms with Crippen molar-refractivity contribution in [2.24, 2.45) is 12.8 Å². The van der Waals surface area contributed by atoms with Crippen molar-refractivity contribution < 1.29 is 59.2 Å². The molecule has 56 heavy (non-hydrogen) atoms. The number of carboxylic acid groups (broad SMARTS) is 1. The molecule has 4 aromatic rings. The number of quaternary nitrogens is 1. The molecule has 1 unspecified atom stereocenters. The number of hydrogen-bond acceptors (Lipinski definition) is 9. The number of aromatic nitrogens is 2.